The third kappa shape index (κ3) is 3.38. The third-order valence-electron chi connectivity index (χ3n) is 1.50. The van der Waals surface area contributed by atoms with Gasteiger partial charge in [-0.05, 0) is 17.1 Å². The van der Waals surface area contributed by atoms with Crippen LogP contribution in [0, 0.1) is 10.8 Å². The van der Waals surface area contributed by atoms with Crippen LogP contribution < -0.4 is 3.53 Å². The van der Waals surface area contributed by atoms with Gasteiger partial charge in [0.05, 0.1) is 28.6 Å². The largest absolute Gasteiger partial charge is 0.335 e. The fourth-order valence-electron chi connectivity index (χ4n) is 0.863. The molecule has 0 aromatic rings. The molecule has 0 saturated carbocycles. The first kappa shape index (κ1) is 11.7. The number of rotatable bonds is 3. The Kier molecular flexibility index (Phi) is 4.52. The lowest BCUT2D eigenvalue weighted by atomic mass is 9.84. The molecule has 2 nitrogen and oxygen atoms in total. The van der Waals surface area contributed by atoms with Gasteiger partial charge in [0.1, 0.15) is 0 Å². The molecular formula is C9H15IN2. The van der Waals surface area contributed by atoms with Crippen LogP contribution in [0.5, 0.6) is 0 Å². The second kappa shape index (κ2) is 4.64. The Labute approximate surface area is 88.1 Å². The zero-order valence-electron chi connectivity index (χ0n) is 7.74. The van der Waals surface area contributed by atoms with E-state index < -0.39 is 0 Å². The van der Waals surface area contributed by atoms with Crippen LogP contribution in [0.2, 0.25) is 0 Å². The van der Waals surface area contributed by atoms with Crippen molar-refractivity contribution in [2.45, 2.75) is 20.8 Å². The topological polar surface area (TPSA) is 35.9 Å². The Balaban J connectivity index is 4.81. The minimum Gasteiger partial charge on any atom is -0.335 e. The summed E-state index contributed by atoms with van der Waals surface area (Å²) >= 11 is 2.03. The fraction of sp³-hybridized carbons (Fsp3) is 0.444. The van der Waals surface area contributed by atoms with Crippen molar-refractivity contribution in [1.82, 2.24) is 3.53 Å². The van der Waals surface area contributed by atoms with E-state index in [9.17, 15) is 0 Å². The monoisotopic (exact) mass is 278 g/mol. The second-order valence-electron chi connectivity index (χ2n) is 3.53. The van der Waals surface area contributed by atoms with E-state index in [0.29, 0.717) is 5.71 Å². The van der Waals surface area contributed by atoms with Crippen LogP contribution in [0.15, 0.2) is 24.4 Å². The molecular weight excluding hydrogens is 263 g/mol. The highest BCUT2D eigenvalue weighted by atomic mass is 127. The summed E-state index contributed by atoms with van der Waals surface area (Å²) in [5.74, 6) is 0. The van der Waals surface area contributed by atoms with Gasteiger partial charge in [0.15, 0.2) is 0 Å². The van der Waals surface area contributed by atoms with Gasteiger partial charge in [-0.15, -0.1) is 0 Å². The summed E-state index contributed by atoms with van der Waals surface area (Å²) in [6.07, 6.45) is 3.40. The highest BCUT2D eigenvalue weighted by molar-refractivity contribution is 14.1. The lowest BCUT2D eigenvalue weighted by Gasteiger charge is -2.22. The maximum Gasteiger partial charge on any atom is 0.0585 e. The molecule has 2 N–H and O–H groups in total. The van der Waals surface area contributed by atoms with E-state index in [1.807, 2.05) is 29.1 Å². The maximum atomic E-state index is 7.62. The van der Waals surface area contributed by atoms with Crippen LogP contribution in [0.4, 0.5) is 0 Å². The maximum absolute atomic E-state index is 7.62. The minimum absolute atomic E-state index is 0.0105. The smallest absolute Gasteiger partial charge is 0.0585 e. The summed E-state index contributed by atoms with van der Waals surface area (Å²) < 4.78 is 2.91. The molecule has 0 heterocycles. The van der Waals surface area contributed by atoms with Crippen molar-refractivity contribution in [3.63, 3.8) is 0 Å². The van der Waals surface area contributed by atoms with Gasteiger partial charge < -0.3 is 8.94 Å². The summed E-state index contributed by atoms with van der Waals surface area (Å²) in [5.41, 5.74) is 1.43. The van der Waals surface area contributed by atoms with E-state index in [1.165, 1.54) is 0 Å². The van der Waals surface area contributed by atoms with Gasteiger partial charge in [0, 0.05) is 6.20 Å². The lowest BCUT2D eigenvalue weighted by molar-refractivity contribution is 0.523. The summed E-state index contributed by atoms with van der Waals surface area (Å²) in [4.78, 5) is 0. The Bertz CT molecular complexity index is 211. The lowest BCUT2D eigenvalue weighted by Crippen LogP contribution is -2.17. The second-order valence-corrected chi connectivity index (χ2v) is 4.16. The van der Waals surface area contributed by atoms with Gasteiger partial charge in [0.2, 0.25) is 0 Å². The molecule has 0 aromatic heterocycles. The number of allylic oxidation sites excluding steroid dienone is 2. The van der Waals surface area contributed by atoms with E-state index in [0.717, 1.165) is 5.57 Å². The van der Waals surface area contributed by atoms with E-state index in [1.54, 1.807) is 6.08 Å². The Morgan fingerprint density at radius 2 is 2.00 bits per heavy atom. The molecule has 12 heavy (non-hydrogen) atoms. The quantitative estimate of drug-likeness (QED) is 0.464. The van der Waals surface area contributed by atoms with Gasteiger partial charge in [-0.25, -0.2) is 0 Å². The highest BCUT2D eigenvalue weighted by Crippen LogP contribution is 2.25. The van der Waals surface area contributed by atoms with Gasteiger partial charge in [-0.2, -0.15) is 0 Å². The number of hydrogen-bond acceptors (Lipinski definition) is 2. The summed E-state index contributed by atoms with van der Waals surface area (Å²) in [5, 5.41) is 7.62. The number of hydrogen-bond donors (Lipinski definition) is 2. The molecule has 0 spiro atoms. The van der Waals surface area contributed by atoms with Crippen molar-refractivity contribution >= 4 is 28.6 Å². The van der Waals surface area contributed by atoms with E-state index in [4.69, 9.17) is 5.41 Å². The predicted octanol–water partition coefficient (Wildman–Crippen LogP) is 3.06. The first-order chi connectivity index (χ1) is 5.43. The van der Waals surface area contributed by atoms with Gasteiger partial charge >= 0.3 is 0 Å². The standard InChI is InChI=1S/C9H15IN2/c1-5-8(11)7(6-12-10)9(2,3)4/h5-6,11-12H,1H2,2-4H3/b7-6+,11-8?. The zero-order valence-corrected chi connectivity index (χ0v) is 9.90. The van der Waals surface area contributed by atoms with E-state index >= 15 is 0 Å². The zero-order chi connectivity index (χ0) is 9.78. The number of nitrogens with one attached hydrogen (secondary N) is 2. The van der Waals surface area contributed by atoms with Crippen molar-refractivity contribution < 1.29 is 0 Å². The Morgan fingerprint density at radius 1 is 1.50 bits per heavy atom. The molecule has 0 radical (unpaired) electrons. The van der Waals surface area contributed by atoms with Crippen molar-refractivity contribution in [3.05, 3.63) is 24.4 Å². The molecule has 0 aliphatic heterocycles. The van der Waals surface area contributed by atoms with E-state index in [2.05, 4.69) is 30.9 Å². The van der Waals surface area contributed by atoms with Crippen LogP contribution in [-0.4, -0.2) is 5.71 Å². The molecule has 3 heteroatoms. The van der Waals surface area contributed by atoms with Crippen molar-refractivity contribution in [2.75, 3.05) is 0 Å². The fourth-order valence-corrected chi connectivity index (χ4v) is 1.17. The summed E-state index contributed by atoms with van der Waals surface area (Å²) in [6.45, 7) is 9.80. The normalized spacial score (nSPS) is 12.5. The summed E-state index contributed by atoms with van der Waals surface area (Å²) in [7, 11) is 0. The van der Waals surface area contributed by atoms with Crippen LogP contribution in [0.25, 0.3) is 0 Å². The van der Waals surface area contributed by atoms with Crippen molar-refractivity contribution in [1.29, 1.82) is 5.41 Å². The van der Waals surface area contributed by atoms with Gasteiger partial charge in [-0.1, -0.05) is 27.4 Å². The summed E-state index contributed by atoms with van der Waals surface area (Å²) in [6, 6.07) is 0. The van der Waals surface area contributed by atoms with Crippen LogP contribution >= 0.6 is 22.9 Å². The first-order valence-electron chi connectivity index (χ1n) is 3.71. The molecule has 0 saturated heterocycles. The van der Waals surface area contributed by atoms with Crippen molar-refractivity contribution in [3.8, 4) is 0 Å². The average molecular weight is 278 g/mol. The molecule has 0 aliphatic carbocycles. The SMILES string of the molecule is C=CC(=N)/C(=C\NI)C(C)(C)C. The molecule has 0 rings (SSSR count). The Morgan fingerprint density at radius 3 is 2.25 bits per heavy atom. The molecule has 68 valence electrons. The average Bonchev–Trinajstić information content (AvgIpc) is 1.96. The van der Waals surface area contributed by atoms with Crippen LogP contribution in [0.1, 0.15) is 20.8 Å². The molecule has 0 unspecified atom stereocenters. The first-order valence-corrected chi connectivity index (χ1v) is 4.79. The van der Waals surface area contributed by atoms with Gasteiger partial charge in [0.25, 0.3) is 0 Å². The molecule has 0 atom stereocenters. The Hall–Kier alpha value is -0.320. The predicted molar refractivity (Wildman–Crippen MR) is 62.6 cm³/mol. The van der Waals surface area contributed by atoms with Gasteiger partial charge in [-0.3, -0.25) is 0 Å². The third-order valence-corrected chi connectivity index (χ3v) is 1.81. The van der Waals surface area contributed by atoms with Crippen LogP contribution in [0.3, 0.4) is 0 Å². The molecule has 0 fully saturated rings. The molecule has 0 amide bonds. The molecule has 0 bridgehead atoms. The van der Waals surface area contributed by atoms with Crippen LogP contribution in [-0.2, 0) is 0 Å². The van der Waals surface area contributed by atoms with Crippen molar-refractivity contribution in [2.24, 2.45) is 5.41 Å². The minimum atomic E-state index is -0.0105. The van der Waals surface area contributed by atoms with E-state index in [-0.39, 0.29) is 5.41 Å². The number of halogens is 1. The highest BCUT2D eigenvalue weighted by Gasteiger charge is 2.18. The molecule has 0 aliphatic rings. The molecule has 0 aromatic carbocycles.